The summed E-state index contributed by atoms with van der Waals surface area (Å²) < 4.78 is 53.1. The van der Waals surface area contributed by atoms with Crippen LogP contribution in [0.1, 0.15) is 31.7 Å². The number of allylic oxidation sites excluding steroid dienone is 1. The number of hydrogen-bond acceptors (Lipinski definition) is 5. The van der Waals surface area contributed by atoms with Crippen LogP contribution in [-0.4, -0.2) is 65.1 Å². The third kappa shape index (κ3) is 6.23. The lowest BCUT2D eigenvalue weighted by molar-refractivity contribution is -0.172. The number of carbonyl (C=O) groups excluding carboxylic acids is 2. The Morgan fingerprint density at radius 1 is 1.21 bits per heavy atom. The number of aliphatic hydroxyl groups is 1. The predicted molar refractivity (Wildman–Crippen MR) is 115 cm³/mol. The van der Waals surface area contributed by atoms with Crippen LogP contribution in [-0.2, 0) is 9.59 Å². The van der Waals surface area contributed by atoms with Crippen molar-refractivity contribution in [3.8, 4) is 0 Å². The minimum absolute atomic E-state index is 0.0412. The van der Waals surface area contributed by atoms with Gasteiger partial charge in [0.05, 0.1) is 24.8 Å². The zero-order chi connectivity index (χ0) is 25.0. The number of carbonyl (C=O) groups is 2. The van der Waals surface area contributed by atoms with Crippen LogP contribution in [0.4, 0.5) is 17.6 Å². The lowest BCUT2D eigenvalue weighted by Gasteiger charge is -2.19. The molecule has 1 aliphatic rings. The Balaban J connectivity index is 1.82. The fourth-order valence-electron chi connectivity index (χ4n) is 3.32. The average molecular weight is 493 g/mol. The molecule has 0 spiro atoms. The average Bonchev–Trinajstić information content (AvgIpc) is 2.94. The quantitative estimate of drug-likeness (QED) is 0.139. The summed E-state index contributed by atoms with van der Waals surface area (Å²) in [6.45, 7) is -1.40. The number of hydrogen-bond donors (Lipinski definition) is 4. The van der Waals surface area contributed by atoms with Crippen LogP contribution >= 0.6 is 11.6 Å². The number of unbranched alkanes of at least 4 members (excludes halogenated alkanes) is 1. The van der Waals surface area contributed by atoms with Crippen molar-refractivity contribution in [2.24, 2.45) is 5.73 Å². The van der Waals surface area contributed by atoms with Gasteiger partial charge in [0.2, 0.25) is 5.91 Å². The molecule has 1 unspecified atom stereocenters. The minimum atomic E-state index is -4.29. The fourth-order valence-corrected chi connectivity index (χ4v) is 3.55. The highest BCUT2D eigenvalue weighted by Gasteiger charge is 2.64. The van der Waals surface area contributed by atoms with Crippen LogP contribution in [0.15, 0.2) is 35.6 Å². The van der Waals surface area contributed by atoms with E-state index in [4.69, 9.17) is 22.7 Å². The first-order valence-corrected chi connectivity index (χ1v) is 10.5. The summed E-state index contributed by atoms with van der Waals surface area (Å²) in [5.74, 6) is -10.6. The lowest BCUT2D eigenvalue weighted by Crippen LogP contribution is -2.43. The van der Waals surface area contributed by atoms with Crippen LogP contribution in [0.25, 0.3) is 0 Å². The largest absolute Gasteiger partial charge is 0.512 e. The normalized spacial score (nSPS) is 18.5. The van der Waals surface area contributed by atoms with E-state index >= 15 is 0 Å². The van der Waals surface area contributed by atoms with Crippen molar-refractivity contribution in [1.82, 2.24) is 10.2 Å². The van der Waals surface area contributed by atoms with Crippen molar-refractivity contribution in [1.29, 1.82) is 5.41 Å². The second-order valence-electron chi connectivity index (χ2n) is 7.78. The van der Waals surface area contributed by atoms with Gasteiger partial charge in [0.25, 0.3) is 5.91 Å². The van der Waals surface area contributed by atoms with E-state index in [0.29, 0.717) is 17.7 Å². The van der Waals surface area contributed by atoms with Crippen molar-refractivity contribution in [3.05, 3.63) is 46.2 Å². The van der Waals surface area contributed by atoms with Gasteiger partial charge >= 0.3 is 11.8 Å². The molecule has 2 rings (SSSR count). The summed E-state index contributed by atoms with van der Waals surface area (Å²) in [7, 11) is 0. The van der Waals surface area contributed by atoms with Crippen LogP contribution in [0.5, 0.6) is 0 Å². The van der Waals surface area contributed by atoms with Gasteiger partial charge in [-0.1, -0.05) is 29.8 Å². The number of benzene rings is 1. The third-order valence-electron chi connectivity index (χ3n) is 5.15. The second kappa shape index (κ2) is 10.5. The molecule has 1 aliphatic heterocycles. The number of alkyl halides is 4. The molecule has 1 heterocycles. The molecule has 33 heavy (non-hydrogen) atoms. The van der Waals surface area contributed by atoms with Crippen LogP contribution in [0.2, 0.25) is 5.02 Å². The van der Waals surface area contributed by atoms with Crippen molar-refractivity contribution in [2.75, 3.05) is 19.6 Å². The Morgan fingerprint density at radius 3 is 2.33 bits per heavy atom. The summed E-state index contributed by atoms with van der Waals surface area (Å²) in [6, 6.07) is 5.14. The standard InChI is InChI=1S/C21H25ClF4N4O3/c1-12(31)16(17(28)13-6-2-3-7-14(13)22)18(32)29-9-5-4-8-15(27)19(33)30-10-20(23,24)21(25,26)11-30/h2-3,6-7,15,28,31H,4-5,8-11,27H2,1H3,(H,29,32)/b16-12+,28-17?. The third-order valence-corrected chi connectivity index (χ3v) is 5.48. The highest BCUT2D eigenvalue weighted by molar-refractivity contribution is 6.37. The van der Waals surface area contributed by atoms with Crippen molar-refractivity contribution in [2.45, 2.75) is 44.1 Å². The summed E-state index contributed by atoms with van der Waals surface area (Å²) in [5, 5.41) is 20.9. The van der Waals surface area contributed by atoms with Crippen molar-refractivity contribution < 1.29 is 32.3 Å². The number of nitrogens with zero attached hydrogens (tertiary/aromatic N) is 1. The number of amides is 2. The van der Waals surface area contributed by atoms with Gasteiger partial charge < -0.3 is 21.1 Å². The first-order valence-electron chi connectivity index (χ1n) is 10.1. The highest BCUT2D eigenvalue weighted by atomic mass is 35.5. The zero-order valence-corrected chi connectivity index (χ0v) is 18.6. The molecule has 0 bridgehead atoms. The molecule has 0 saturated carbocycles. The maximum atomic E-state index is 13.3. The van der Waals surface area contributed by atoms with Crippen LogP contribution in [0.3, 0.4) is 0 Å². The number of rotatable bonds is 9. The van der Waals surface area contributed by atoms with Gasteiger partial charge in [-0.15, -0.1) is 0 Å². The van der Waals surface area contributed by atoms with E-state index < -0.39 is 42.8 Å². The number of nitrogens with one attached hydrogen (secondary N) is 2. The first kappa shape index (κ1) is 26.6. The molecule has 0 aliphatic carbocycles. The lowest BCUT2D eigenvalue weighted by atomic mass is 10.0. The van der Waals surface area contributed by atoms with E-state index in [1.807, 2.05) is 0 Å². The van der Waals surface area contributed by atoms with Crippen molar-refractivity contribution in [3.63, 3.8) is 0 Å². The predicted octanol–water partition coefficient (Wildman–Crippen LogP) is 3.27. The summed E-state index contributed by atoms with van der Waals surface area (Å²) in [4.78, 5) is 24.9. The van der Waals surface area contributed by atoms with E-state index in [2.05, 4.69) is 5.32 Å². The number of halogens is 5. The van der Waals surface area contributed by atoms with E-state index in [0.717, 1.165) is 0 Å². The van der Waals surface area contributed by atoms with Gasteiger partial charge in [-0.2, -0.15) is 17.6 Å². The van der Waals surface area contributed by atoms with Crippen LogP contribution in [0, 0.1) is 5.41 Å². The summed E-state index contributed by atoms with van der Waals surface area (Å²) in [6.07, 6.45) is 0.669. The number of aliphatic hydroxyl groups excluding tert-OH is 1. The maximum Gasteiger partial charge on any atom is 0.329 e. The Labute approximate surface area is 193 Å². The zero-order valence-electron chi connectivity index (χ0n) is 17.8. The minimum Gasteiger partial charge on any atom is -0.512 e. The second-order valence-corrected chi connectivity index (χ2v) is 8.18. The molecule has 2 amide bonds. The molecular weight excluding hydrogens is 468 g/mol. The number of nitrogens with two attached hydrogens (primary N) is 1. The monoisotopic (exact) mass is 492 g/mol. The number of likely N-dealkylation sites (tertiary alicyclic amines) is 1. The molecule has 12 heteroatoms. The van der Waals surface area contributed by atoms with E-state index in [9.17, 15) is 32.3 Å². The highest BCUT2D eigenvalue weighted by Crippen LogP contribution is 2.41. The van der Waals surface area contributed by atoms with Gasteiger partial charge in [-0.05, 0) is 32.3 Å². The van der Waals surface area contributed by atoms with E-state index in [-0.39, 0.29) is 40.6 Å². The molecule has 0 radical (unpaired) electrons. The van der Waals surface area contributed by atoms with Crippen molar-refractivity contribution >= 4 is 29.1 Å². The summed E-state index contributed by atoms with van der Waals surface area (Å²) in [5.41, 5.74) is 5.42. The molecule has 1 fully saturated rings. The maximum absolute atomic E-state index is 13.3. The Kier molecular flexibility index (Phi) is 8.47. The fraction of sp³-hybridized carbons (Fsp3) is 0.476. The van der Waals surface area contributed by atoms with Gasteiger partial charge in [0.15, 0.2) is 0 Å². The molecule has 1 aromatic rings. The molecule has 7 nitrogen and oxygen atoms in total. The van der Waals surface area contributed by atoms with E-state index in [1.54, 1.807) is 18.2 Å². The first-order chi connectivity index (χ1) is 15.3. The molecule has 182 valence electrons. The van der Waals surface area contributed by atoms with Gasteiger partial charge in [-0.25, -0.2) is 0 Å². The smallest absolute Gasteiger partial charge is 0.329 e. The molecule has 1 saturated heterocycles. The molecule has 5 N–H and O–H groups in total. The summed E-state index contributed by atoms with van der Waals surface area (Å²) >= 11 is 6.05. The van der Waals surface area contributed by atoms with Gasteiger partial charge in [0.1, 0.15) is 11.3 Å². The van der Waals surface area contributed by atoms with Gasteiger partial charge in [0, 0.05) is 17.1 Å². The molecule has 1 aromatic carbocycles. The molecule has 1 atom stereocenters. The van der Waals surface area contributed by atoms with Crippen LogP contribution < -0.4 is 11.1 Å². The Bertz CT molecular complexity index is 935. The Hall–Kier alpha value is -2.66. The topological polar surface area (TPSA) is 120 Å². The van der Waals surface area contributed by atoms with E-state index in [1.165, 1.54) is 13.0 Å². The molecular formula is C21H25ClF4N4O3. The Morgan fingerprint density at radius 2 is 1.79 bits per heavy atom. The SMILES string of the molecule is C/C(O)=C(/C(=N)c1ccccc1Cl)C(=O)NCCCCC(N)C(=O)N1CC(F)(F)C(F)(F)C1. The molecule has 0 aromatic heterocycles. The van der Waals surface area contributed by atoms with Gasteiger partial charge in [-0.3, -0.25) is 15.0 Å².